The van der Waals surface area contributed by atoms with E-state index in [0.29, 0.717) is 5.76 Å². The SMILES string of the molecule is CC(C)(C)C(=O)COC(=O)C=Cc1ccco1. The van der Waals surface area contributed by atoms with Crippen molar-refractivity contribution in [3.05, 3.63) is 30.2 Å². The minimum atomic E-state index is -0.556. The molecule has 0 fully saturated rings. The molecule has 0 unspecified atom stereocenters. The van der Waals surface area contributed by atoms with Crippen molar-refractivity contribution >= 4 is 17.8 Å². The quantitative estimate of drug-likeness (QED) is 0.595. The first-order chi connectivity index (χ1) is 7.89. The van der Waals surface area contributed by atoms with Gasteiger partial charge in [0.2, 0.25) is 0 Å². The molecule has 4 heteroatoms. The highest BCUT2D eigenvalue weighted by atomic mass is 16.5. The molecular formula is C13H16O4. The van der Waals surface area contributed by atoms with Crippen LogP contribution in [-0.4, -0.2) is 18.4 Å². The highest BCUT2D eigenvalue weighted by Crippen LogP contribution is 2.14. The lowest BCUT2D eigenvalue weighted by Gasteiger charge is -2.15. The Morgan fingerprint density at radius 2 is 2.12 bits per heavy atom. The molecule has 0 aliphatic carbocycles. The van der Waals surface area contributed by atoms with E-state index in [1.165, 1.54) is 18.4 Å². The van der Waals surface area contributed by atoms with Gasteiger partial charge in [-0.3, -0.25) is 4.79 Å². The predicted octanol–water partition coefficient (Wildman–Crippen LogP) is 2.45. The fourth-order valence-corrected chi connectivity index (χ4v) is 0.938. The summed E-state index contributed by atoms with van der Waals surface area (Å²) in [5.41, 5.74) is -0.495. The molecule has 0 saturated carbocycles. The molecule has 1 heterocycles. The van der Waals surface area contributed by atoms with Crippen LogP contribution in [0.4, 0.5) is 0 Å². The smallest absolute Gasteiger partial charge is 0.331 e. The minimum absolute atomic E-state index is 0.114. The largest absolute Gasteiger partial charge is 0.465 e. The van der Waals surface area contributed by atoms with Gasteiger partial charge in [-0.2, -0.15) is 0 Å². The van der Waals surface area contributed by atoms with Crippen LogP contribution in [0.3, 0.4) is 0 Å². The molecule has 0 radical (unpaired) electrons. The molecule has 1 aromatic rings. The summed E-state index contributed by atoms with van der Waals surface area (Å²) in [5.74, 6) is -0.111. The van der Waals surface area contributed by atoms with E-state index in [2.05, 4.69) is 0 Å². The van der Waals surface area contributed by atoms with E-state index in [0.717, 1.165) is 0 Å². The second kappa shape index (κ2) is 5.48. The summed E-state index contributed by atoms with van der Waals surface area (Å²) in [4.78, 5) is 22.7. The summed E-state index contributed by atoms with van der Waals surface area (Å²) >= 11 is 0. The molecule has 92 valence electrons. The predicted molar refractivity (Wildman–Crippen MR) is 63.2 cm³/mol. The number of Topliss-reactive ketones (excluding diaryl/α,β-unsaturated/α-hetero) is 1. The molecule has 0 atom stereocenters. The topological polar surface area (TPSA) is 56.5 Å². The van der Waals surface area contributed by atoms with Gasteiger partial charge in [0.05, 0.1) is 6.26 Å². The van der Waals surface area contributed by atoms with E-state index in [1.807, 2.05) is 0 Å². The second-order valence-corrected chi connectivity index (χ2v) is 4.63. The Morgan fingerprint density at radius 3 is 2.65 bits per heavy atom. The monoisotopic (exact) mass is 236 g/mol. The van der Waals surface area contributed by atoms with Crippen molar-refractivity contribution in [2.75, 3.05) is 6.61 Å². The van der Waals surface area contributed by atoms with Crippen LogP contribution in [0.2, 0.25) is 0 Å². The number of ether oxygens (including phenoxy) is 1. The summed E-state index contributed by atoms with van der Waals surface area (Å²) < 4.78 is 9.81. The summed E-state index contributed by atoms with van der Waals surface area (Å²) in [7, 11) is 0. The zero-order valence-corrected chi connectivity index (χ0v) is 10.2. The van der Waals surface area contributed by atoms with Gasteiger partial charge in [0, 0.05) is 11.5 Å². The first-order valence-corrected chi connectivity index (χ1v) is 5.31. The summed E-state index contributed by atoms with van der Waals surface area (Å²) in [5, 5.41) is 0. The molecule has 0 aliphatic rings. The number of hydrogen-bond donors (Lipinski definition) is 0. The number of furan rings is 1. The third-order valence-electron chi connectivity index (χ3n) is 2.11. The Bertz CT molecular complexity index is 407. The van der Waals surface area contributed by atoms with Crippen LogP contribution in [-0.2, 0) is 14.3 Å². The molecule has 0 aromatic carbocycles. The van der Waals surface area contributed by atoms with E-state index in [-0.39, 0.29) is 12.4 Å². The van der Waals surface area contributed by atoms with Crippen molar-refractivity contribution < 1.29 is 18.7 Å². The van der Waals surface area contributed by atoms with Crippen LogP contribution < -0.4 is 0 Å². The van der Waals surface area contributed by atoms with Crippen LogP contribution in [0.25, 0.3) is 6.08 Å². The molecule has 1 aromatic heterocycles. The van der Waals surface area contributed by atoms with Gasteiger partial charge in [-0.1, -0.05) is 20.8 Å². The lowest BCUT2D eigenvalue weighted by molar-refractivity contribution is -0.145. The van der Waals surface area contributed by atoms with Gasteiger partial charge in [0.15, 0.2) is 12.4 Å². The van der Waals surface area contributed by atoms with Crippen LogP contribution in [0, 0.1) is 5.41 Å². The van der Waals surface area contributed by atoms with E-state index in [1.54, 1.807) is 32.9 Å². The molecule has 4 nitrogen and oxygen atoms in total. The average molecular weight is 236 g/mol. The maximum absolute atomic E-state index is 11.5. The fourth-order valence-electron chi connectivity index (χ4n) is 0.938. The van der Waals surface area contributed by atoms with Crippen molar-refractivity contribution in [1.29, 1.82) is 0 Å². The molecule has 0 amide bonds. The van der Waals surface area contributed by atoms with Gasteiger partial charge in [-0.25, -0.2) is 4.79 Å². The van der Waals surface area contributed by atoms with Gasteiger partial charge in [0.25, 0.3) is 0 Å². The highest BCUT2D eigenvalue weighted by molar-refractivity contribution is 5.90. The Hall–Kier alpha value is -1.84. The summed E-state index contributed by atoms with van der Waals surface area (Å²) in [6.45, 7) is 5.14. The van der Waals surface area contributed by atoms with E-state index >= 15 is 0 Å². The van der Waals surface area contributed by atoms with Gasteiger partial charge in [0.1, 0.15) is 5.76 Å². The molecule has 0 aliphatic heterocycles. The first-order valence-electron chi connectivity index (χ1n) is 5.31. The lowest BCUT2D eigenvalue weighted by Crippen LogP contribution is -2.25. The van der Waals surface area contributed by atoms with Gasteiger partial charge >= 0.3 is 5.97 Å². The summed E-state index contributed by atoms with van der Waals surface area (Å²) in [6.07, 6.45) is 4.23. The molecule has 1 rings (SSSR count). The molecule has 0 saturated heterocycles. The lowest BCUT2D eigenvalue weighted by atomic mass is 9.91. The Kier molecular flexibility index (Phi) is 4.26. The number of ketones is 1. The number of carbonyl (C=O) groups excluding carboxylic acids is 2. The second-order valence-electron chi connectivity index (χ2n) is 4.63. The van der Waals surface area contributed by atoms with Crippen molar-refractivity contribution in [2.45, 2.75) is 20.8 Å². The fraction of sp³-hybridized carbons (Fsp3) is 0.385. The molecule has 0 spiro atoms. The Balaban J connectivity index is 2.39. The zero-order chi connectivity index (χ0) is 12.9. The van der Waals surface area contributed by atoms with E-state index in [9.17, 15) is 9.59 Å². The zero-order valence-electron chi connectivity index (χ0n) is 10.2. The third-order valence-corrected chi connectivity index (χ3v) is 2.11. The van der Waals surface area contributed by atoms with Crippen LogP contribution in [0.1, 0.15) is 26.5 Å². The van der Waals surface area contributed by atoms with Crippen molar-refractivity contribution in [1.82, 2.24) is 0 Å². The van der Waals surface area contributed by atoms with Crippen LogP contribution >= 0.6 is 0 Å². The Labute approximate surface area is 100 Å². The highest BCUT2D eigenvalue weighted by Gasteiger charge is 2.21. The maximum Gasteiger partial charge on any atom is 0.331 e. The Morgan fingerprint density at radius 1 is 1.41 bits per heavy atom. The molecule has 0 N–H and O–H groups in total. The van der Waals surface area contributed by atoms with Gasteiger partial charge in [-0.05, 0) is 18.2 Å². The van der Waals surface area contributed by atoms with E-state index < -0.39 is 11.4 Å². The van der Waals surface area contributed by atoms with Crippen LogP contribution in [0.5, 0.6) is 0 Å². The van der Waals surface area contributed by atoms with E-state index in [4.69, 9.17) is 9.15 Å². The van der Waals surface area contributed by atoms with Crippen molar-refractivity contribution in [3.8, 4) is 0 Å². The summed E-state index contributed by atoms with van der Waals surface area (Å²) in [6, 6.07) is 3.43. The van der Waals surface area contributed by atoms with Crippen molar-refractivity contribution in [3.63, 3.8) is 0 Å². The number of carbonyl (C=O) groups is 2. The number of rotatable bonds is 4. The third kappa shape index (κ3) is 4.68. The van der Waals surface area contributed by atoms with Crippen molar-refractivity contribution in [2.24, 2.45) is 5.41 Å². The van der Waals surface area contributed by atoms with Crippen LogP contribution in [0.15, 0.2) is 28.9 Å². The minimum Gasteiger partial charge on any atom is -0.465 e. The molecular weight excluding hydrogens is 220 g/mol. The van der Waals surface area contributed by atoms with Gasteiger partial charge < -0.3 is 9.15 Å². The standard InChI is InChI=1S/C13H16O4/c1-13(2,3)11(14)9-17-12(15)7-6-10-5-4-8-16-10/h4-8H,9H2,1-3H3. The molecule has 0 bridgehead atoms. The van der Waals surface area contributed by atoms with Gasteiger partial charge in [-0.15, -0.1) is 0 Å². The average Bonchev–Trinajstić information content (AvgIpc) is 2.74. The number of esters is 1. The molecule has 17 heavy (non-hydrogen) atoms. The number of hydrogen-bond acceptors (Lipinski definition) is 4. The normalized spacial score (nSPS) is 11.7. The first kappa shape index (κ1) is 13.2. The maximum atomic E-state index is 11.5.